The molecule has 0 atom stereocenters. The Bertz CT molecular complexity index is 1520. The number of nitrogens with zero attached hydrogens (tertiary/aromatic N) is 3. The summed E-state index contributed by atoms with van der Waals surface area (Å²) in [6.45, 7) is 10.0. The Kier molecular flexibility index (Phi) is 7.43. The number of piperazine rings is 1. The molecule has 0 bridgehead atoms. The lowest BCUT2D eigenvalue weighted by Gasteiger charge is -2.37. The standard InChI is InChI=1S/C30H33N5O3S/c1-20-13-18-39-27(20)28(36)31-26-19-22(34-14-16-35(17-15-34)29(37)38-30(2,3)4)11-9-21(26)10-12-25-23-7-5-6-8-24(23)32-33-25/h5-13,18-19H,14-17H2,1-4H3,(H,31,36)(H,32,33). The predicted octanol–water partition coefficient (Wildman–Crippen LogP) is 6.41. The summed E-state index contributed by atoms with van der Waals surface area (Å²) in [5.41, 5.74) is 4.82. The molecule has 2 amide bonds. The van der Waals surface area contributed by atoms with Gasteiger partial charge >= 0.3 is 6.09 Å². The summed E-state index contributed by atoms with van der Waals surface area (Å²) in [6.07, 6.45) is 3.65. The van der Waals surface area contributed by atoms with Crippen LogP contribution in [0.5, 0.6) is 0 Å². The number of hydrogen-bond donors (Lipinski definition) is 2. The molecule has 2 N–H and O–H groups in total. The molecule has 1 aliphatic heterocycles. The molecule has 1 aliphatic rings. The minimum Gasteiger partial charge on any atom is -0.444 e. The number of carbonyl (C=O) groups is 2. The SMILES string of the molecule is Cc1ccsc1C(=O)Nc1cc(N2CCN(C(=O)OC(C)(C)C)CC2)ccc1C=Cc1n[nH]c2ccccc12. The van der Waals surface area contributed by atoms with Crippen LogP contribution in [0.4, 0.5) is 16.2 Å². The fraction of sp³-hybridized carbons (Fsp3) is 0.300. The van der Waals surface area contributed by atoms with E-state index in [4.69, 9.17) is 4.74 Å². The molecule has 0 aliphatic carbocycles. The van der Waals surface area contributed by atoms with E-state index < -0.39 is 5.60 Å². The van der Waals surface area contributed by atoms with Gasteiger partial charge in [-0.25, -0.2) is 4.79 Å². The summed E-state index contributed by atoms with van der Waals surface area (Å²) in [7, 11) is 0. The van der Waals surface area contributed by atoms with Crippen LogP contribution in [0.25, 0.3) is 23.1 Å². The molecule has 1 fully saturated rings. The molecule has 2 aromatic carbocycles. The van der Waals surface area contributed by atoms with Gasteiger partial charge in [0.2, 0.25) is 0 Å². The van der Waals surface area contributed by atoms with E-state index in [9.17, 15) is 9.59 Å². The maximum Gasteiger partial charge on any atom is 0.410 e. The molecule has 39 heavy (non-hydrogen) atoms. The fourth-order valence-corrected chi connectivity index (χ4v) is 5.35. The molecule has 4 aromatic rings. The number of amides is 2. The Morgan fingerprint density at radius 3 is 2.54 bits per heavy atom. The molecule has 2 aromatic heterocycles. The van der Waals surface area contributed by atoms with Crippen LogP contribution < -0.4 is 10.2 Å². The van der Waals surface area contributed by atoms with Crippen LogP contribution in [0.3, 0.4) is 0 Å². The zero-order valence-corrected chi connectivity index (χ0v) is 23.5. The Hall–Kier alpha value is -4.11. The average Bonchev–Trinajstić information content (AvgIpc) is 3.53. The number of para-hydroxylation sites is 1. The molecule has 1 saturated heterocycles. The average molecular weight is 544 g/mol. The monoisotopic (exact) mass is 543 g/mol. The Morgan fingerprint density at radius 2 is 1.82 bits per heavy atom. The maximum absolute atomic E-state index is 13.2. The first kappa shape index (κ1) is 26.5. The molecule has 9 heteroatoms. The summed E-state index contributed by atoms with van der Waals surface area (Å²) >= 11 is 1.43. The minimum absolute atomic E-state index is 0.130. The summed E-state index contributed by atoms with van der Waals surface area (Å²) in [5, 5.41) is 13.6. The molecule has 8 nitrogen and oxygen atoms in total. The third kappa shape index (κ3) is 6.15. The first-order chi connectivity index (χ1) is 18.7. The molecule has 5 rings (SSSR count). The van der Waals surface area contributed by atoms with Gasteiger partial charge in [-0.1, -0.05) is 30.3 Å². The van der Waals surface area contributed by atoms with Gasteiger partial charge in [0.25, 0.3) is 5.91 Å². The van der Waals surface area contributed by atoms with Crippen molar-refractivity contribution in [3.63, 3.8) is 0 Å². The van der Waals surface area contributed by atoms with E-state index in [1.165, 1.54) is 11.3 Å². The second kappa shape index (κ2) is 10.9. The number of nitrogens with one attached hydrogen (secondary N) is 2. The van der Waals surface area contributed by atoms with E-state index in [0.717, 1.165) is 39.1 Å². The number of rotatable bonds is 5. The number of hydrogen-bond acceptors (Lipinski definition) is 6. The van der Waals surface area contributed by atoms with E-state index >= 15 is 0 Å². The molecule has 202 valence electrons. The Balaban J connectivity index is 1.38. The lowest BCUT2D eigenvalue weighted by Crippen LogP contribution is -2.50. The molecular formula is C30H33N5O3S. The van der Waals surface area contributed by atoms with Crippen molar-refractivity contribution in [1.82, 2.24) is 15.1 Å². The highest BCUT2D eigenvalue weighted by atomic mass is 32.1. The normalized spacial score (nSPS) is 14.3. The van der Waals surface area contributed by atoms with Gasteiger partial charge in [-0.05, 0) is 74.5 Å². The summed E-state index contributed by atoms with van der Waals surface area (Å²) in [4.78, 5) is 30.3. The van der Waals surface area contributed by atoms with Gasteiger partial charge in [-0.15, -0.1) is 11.3 Å². The van der Waals surface area contributed by atoms with Gasteiger partial charge in [0.15, 0.2) is 0 Å². The first-order valence-electron chi connectivity index (χ1n) is 13.0. The number of benzene rings is 2. The number of fused-ring (bicyclic) bond motifs is 1. The number of ether oxygens (including phenoxy) is 1. The number of anilines is 2. The second-order valence-electron chi connectivity index (χ2n) is 10.6. The van der Waals surface area contributed by atoms with Crippen LogP contribution in [0, 0.1) is 6.92 Å². The number of carbonyl (C=O) groups excluding carboxylic acids is 2. The second-order valence-corrected chi connectivity index (χ2v) is 11.5. The van der Waals surface area contributed by atoms with E-state index in [-0.39, 0.29) is 12.0 Å². The molecule has 3 heterocycles. The predicted molar refractivity (Wildman–Crippen MR) is 158 cm³/mol. The summed E-state index contributed by atoms with van der Waals surface area (Å²) < 4.78 is 5.53. The van der Waals surface area contributed by atoms with Crippen molar-refractivity contribution in [2.24, 2.45) is 0 Å². The molecule has 0 radical (unpaired) electrons. The molecular weight excluding hydrogens is 510 g/mol. The van der Waals surface area contributed by atoms with Crippen molar-refractivity contribution in [1.29, 1.82) is 0 Å². The highest BCUT2D eigenvalue weighted by Crippen LogP contribution is 2.29. The van der Waals surface area contributed by atoms with Crippen LogP contribution in [0.1, 0.15) is 47.3 Å². The van der Waals surface area contributed by atoms with Gasteiger partial charge in [0.1, 0.15) is 5.60 Å². The molecule has 0 saturated carbocycles. The maximum atomic E-state index is 13.2. The van der Waals surface area contributed by atoms with Crippen molar-refractivity contribution in [2.75, 3.05) is 36.4 Å². The topological polar surface area (TPSA) is 90.6 Å². The lowest BCUT2D eigenvalue weighted by atomic mass is 10.1. The van der Waals surface area contributed by atoms with Crippen molar-refractivity contribution in [3.8, 4) is 0 Å². The van der Waals surface area contributed by atoms with Crippen LogP contribution in [-0.2, 0) is 4.74 Å². The van der Waals surface area contributed by atoms with Crippen molar-refractivity contribution < 1.29 is 14.3 Å². The summed E-state index contributed by atoms with van der Waals surface area (Å²) in [5.74, 6) is -0.130. The van der Waals surface area contributed by atoms with E-state index in [1.54, 1.807) is 4.90 Å². The zero-order valence-electron chi connectivity index (χ0n) is 22.7. The van der Waals surface area contributed by atoms with Crippen LogP contribution >= 0.6 is 11.3 Å². The van der Waals surface area contributed by atoms with Gasteiger partial charge < -0.3 is 19.9 Å². The van der Waals surface area contributed by atoms with Crippen molar-refractivity contribution in [2.45, 2.75) is 33.3 Å². The number of thiophene rings is 1. The first-order valence-corrected chi connectivity index (χ1v) is 13.9. The molecule has 0 unspecified atom stereocenters. The zero-order chi connectivity index (χ0) is 27.6. The third-order valence-electron chi connectivity index (χ3n) is 6.57. The van der Waals surface area contributed by atoms with Gasteiger partial charge in [-0.3, -0.25) is 9.89 Å². The van der Waals surface area contributed by atoms with E-state index in [0.29, 0.717) is 31.1 Å². The van der Waals surface area contributed by atoms with E-state index in [2.05, 4.69) is 26.5 Å². The van der Waals surface area contributed by atoms with Crippen LogP contribution in [0.2, 0.25) is 0 Å². The number of aryl methyl sites for hydroxylation is 1. The number of aromatic nitrogens is 2. The van der Waals surface area contributed by atoms with Gasteiger partial charge in [0, 0.05) is 37.3 Å². The summed E-state index contributed by atoms with van der Waals surface area (Å²) in [6, 6.07) is 16.0. The van der Waals surface area contributed by atoms with E-state index in [1.807, 2.05) is 87.7 Å². The fourth-order valence-electron chi connectivity index (χ4n) is 4.53. The number of H-pyrrole nitrogens is 1. The quantitative estimate of drug-likeness (QED) is 0.303. The highest BCUT2D eigenvalue weighted by molar-refractivity contribution is 7.12. The van der Waals surface area contributed by atoms with Crippen LogP contribution in [-0.4, -0.2) is 58.9 Å². The third-order valence-corrected chi connectivity index (χ3v) is 7.59. The Morgan fingerprint density at radius 1 is 1.05 bits per heavy atom. The smallest absolute Gasteiger partial charge is 0.410 e. The lowest BCUT2D eigenvalue weighted by molar-refractivity contribution is 0.0240. The van der Waals surface area contributed by atoms with Gasteiger partial charge in [0.05, 0.1) is 21.8 Å². The van der Waals surface area contributed by atoms with Crippen molar-refractivity contribution in [3.05, 3.63) is 75.6 Å². The van der Waals surface area contributed by atoms with Gasteiger partial charge in [-0.2, -0.15) is 5.10 Å². The molecule has 0 spiro atoms. The number of aromatic amines is 1. The van der Waals surface area contributed by atoms with Crippen molar-refractivity contribution >= 4 is 57.8 Å². The Labute approximate surface area is 232 Å². The minimum atomic E-state index is -0.520. The highest BCUT2D eigenvalue weighted by Gasteiger charge is 2.26. The van der Waals surface area contributed by atoms with Crippen LogP contribution in [0.15, 0.2) is 53.9 Å². The largest absolute Gasteiger partial charge is 0.444 e.